The topological polar surface area (TPSA) is 69.6 Å². The lowest BCUT2D eigenvalue weighted by Gasteiger charge is -2.41. The monoisotopic (exact) mass is 266 g/mol. The number of hydrogen-bond donors (Lipinski definition) is 2. The van der Waals surface area contributed by atoms with E-state index >= 15 is 0 Å². The highest BCUT2D eigenvalue weighted by Crippen LogP contribution is 2.43. The Labute approximate surface area is 113 Å². The predicted octanol–water partition coefficient (Wildman–Crippen LogP) is 1.99. The molecule has 1 fully saturated rings. The van der Waals surface area contributed by atoms with Crippen molar-refractivity contribution in [3.8, 4) is 0 Å². The number of rotatable bonds is 4. The van der Waals surface area contributed by atoms with Gasteiger partial charge in [-0.15, -0.1) is 0 Å². The number of hydrogen-bond acceptors (Lipinski definition) is 2. The molecule has 0 bridgehead atoms. The highest BCUT2D eigenvalue weighted by molar-refractivity contribution is 5.75. The second kappa shape index (κ2) is 5.63. The van der Waals surface area contributed by atoms with Gasteiger partial charge >= 0.3 is 12.0 Å². The van der Waals surface area contributed by atoms with Gasteiger partial charge in [-0.05, 0) is 31.6 Å². The molecule has 2 rings (SSSR count). The Kier molecular flexibility index (Phi) is 4.12. The predicted molar refractivity (Wildman–Crippen MR) is 71.9 cm³/mol. The molecule has 0 unspecified atom stereocenters. The Hall–Kier alpha value is -1.52. The van der Waals surface area contributed by atoms with E-state index < -0.39 is 5.97 Å². The number of carboxylic acid groups (broad SMARTS) is 1. The van der Waals surface area contributed by atoms with Crippen LogP contribution in [0.1, 0.15) is 39.0 Å². The number of aliphatic carboxylic acids is 1. The quantitative estimate of drug-likeness (QED) is 0.765. The Morgan fingerprint density at radius 2 is 2.21 bits per heavy atom. The molecule has 0 aromatic carbocycles. The summed E-state index contributed by atoms with van der Waals surface area (Å²) in [7, 11) is 0. The van der Waals surface area contributed by atoms with Crippen LogP contribution in [0.2, 0.25) is 0 Å². The number of nitrogens with one attached hydrogen (secondary N) is 1. The average Bonchev–Trinajstić information content (AvgIpc) is 2.31. The molecule has 106 valence electrons. The fourth-order valence-corrected chi connectivity index (χ4v) is 2.87. The van der Waals surface area contributed by atoms with Crippen LogP contribution >= 0.6 is 0 Å². The van der Waals surface area contributed by atoms with Crippen molar-refractivity contribution in [3.63, 3.8) is 0 Å². The first-order valence-electron chi connectivity index (χ1n) is 6.91. The summed E-state index contributed by atoms with van der Waals surface area (Å²) >= 11 is 0. The minimum absolute atomic E-state index is 0.0656. The first kappa shape index (κ1) is 13.9. The van der Waals surface area contributed by atoms with E-state index in [9.17, 15) is 9.59 Å². The minimum Gasteiger partial charge on any atom is -0.481 e. The molecule has 19 heavy (non-hydrogen) atoms. The molecule has 0 aromatic rings. The molecule has 1 aliphatic heterocycles. The number of carbonyl (C=O) groups is 2. The highest BCUT2D eigenvalue weighted by atomic mass is 16.4. The number of urea groups is 1. The lowest BCUT2D eigenvalue weighted by molar-refractivity contribution is -0.141. The summed E-state index contributed by atoms with van der Waals surface area (Å²) < 4.78 is 0. The third-order valence-corrected chi connectivity index (χ3v) is 4.17. The molecule has 1 aliphatic carbocycles. The molecule has 0 saturated heterocycles. The Morgan fingerprint density at radius 1 is 1.47 bits per heavy atom. The number of amides is 2. The lowest BCUT2D eigenvalue weighted by Crippen LogP contribution is -2.49. The van der Waals surface area contributed by atoms with E-state index in [1.165, 1.54) is 5.57 Å². The third kappa shape index (κ3) is 3.49. The van der Waals surface area contributed by atoms with Crippen LogP contribution in [0.15, 0.2) is 11.6 Å². The van der Waals surface area contributed by atoms with E-state index in [2.05, 4.69) is 11.4 Å². The zero-order valence-corrected chi connectivity index (χ0v) is 11.4. The summed E-state index contributed by atoms with van der Waals surface area (Å²) in [4.78, 5) is 24.7. The molecular formula is C14H22N2O3. The minimum atomic E-state index is -0.773. The molecule has 2 N–H and O–H groups in total. The van der Waals surface area contributed by atoms with Gasteiger partial charge in [-0.2, -0.15) is 0 Å². The summed E-state index contributed by atoms with van der Waals surface area (Å²) in [5.41, 5.74) is 1.01. The molecule has 1 heterocycles. The van der Waals surface area contributed by atoms with Crippen molar-refractivity contribution in [3.05, 3.63) is 11.6 Å². The van der Waals surface area contributed by atoms with E-state index in [0.717, 1.165) is 32.2 Å². The van der Waals surface area contributed by atoms with Gasteiger partial charge in [-0.25, -0.2) is 4.79 Å². The summed E-state index contributed by atoms with van der Waals surface area (Å²) in [5, 5.41) is 11.8. The van der Waals surface area contributed by atoms with Crippen LogP contribution in [0.4, 0.5) is 4.79 Å². The van der Waals surface area contributed by atoms with E-state index in [1.807, 2.05) is 6.92 Å². The smallest absolute Gasteiger partial charge is 0.317 e. The van der Waals surface area contributed by atoms with E-state index in [4.69, 9.17) is 5.11 Å². The van der Waals surface area contributed by atoms with E-state index in [0.29, 0.717) is 13.1 Å². The molecule has 0 aromatic heterocycles. The van der Waals surface area contributed by atoms with Crippen molar-refractivity contribution in [2.75, 3.05) is 19.6 Å². The largest absolute Gasteiger partial charge is 0.481 e. The molecule has 2 aliphatic rings. The van der Waals surface area contributed by atoms with Gasteiger partial charge in [-0.3, -0.25) is 4.79 Å². The highest BCUT2D eigenvalue weighted by Gasteiger charge is 2.39. The van der Waals surface area contributed by atoms with Crippen LogP contribution in [0, 0.1) is 5.41 Å². The normalized spacial score (nSPS) is 21.3. The van der Waals surface area contributed by atoms with Gasteiger partial charge in [0, 0.05) is 19.6 Å². The lowest BCUT2D eigenvalue weighted by atomic mass is 9.66. The first-order valence-corrected chi connectivity index (χ1v) is 6.91. The van der Waals surface area contributed by atoms with Crippen molar-refractivity contribution in [1.29, 1.82) is 0 Å². The molecule has 0 atom stereocenters. The van der Waals surface area contributed by atoms with Gasteiger partial charge in [-0.1, -0.05) is 18.1 Å². The maximum atomic E-state index is 12.1. The molecule has 5 nitrogen and oxygen atoms in total. The van der Waals surface area contributed by atoms with Gasteiger partial charge in [0.25, 0.3) is 0 Å². The second-order valence-corrected chi connectivity index (χ2v) is 5.84. The second-order valence-electron chi connectivity index (χ2n) is 5.84. The molecule has 1 saturated carbocycles. The molecule has 0 radical (unpaired) electrons. The average molecular weight is 266 g/mol. The Morgan fingerprint density at radius 3 is 2.74 bits per heavy atom. The summed E-state index contributed by atoms with van der Waals surface area (Å²) in [6.45, 7) is 3.93. The number of carboxylic acids is 1. The van der Waals surface area contributed by atoms with Gasteiger partial charge in [0.15, 0.2) is 0 Å². The van der Waals surface area contributed by atoms with Gasteiger partial charge in [0.2, 0.25) is 0 Å². The fourth-order valence-electron chi connectivity index (χ4n) is 2.87. The van der Waals surface area contributed by atoms with Crippen LogP contribution in [0.3, 0.4) is 0 Å². The summed E-state index contributed by atoms with van der Waals surface area (Å²) in [6.07, 6.45) is 6.08. The Bertz CT molecular complexity index is 399. The van der Waals surface area contributed by atoms with Crippen molar-refractivity contribution >= 4 is 12.0 Å². The first-order chi connectivity index (χ1) is 9.01. The zero-order chi connectivity index (χ0) is 13.9. The Balaban J connectivity index is 1.82. The van der Waals surface area contributed by atoms with Crippen LogP contribution in [0.5, 0.6) is 0 Å². The van der Waals surface area contributed by atoms with Gasteiger partial charge in [0.05, 0.1) is 6.42 Å². The van der Waals surface area contributed by atoms with Gasteiger partial charge < -0.3 is 15.3 Å². The maximum absolute atomic E-state index is 12.1. The molecular weight excluding hydrogens is 244 g/mol. The molecule has 2 amide bonds. The van der Waals surface area contributed by atoms with Crippen LogP contribution in [-0.4, -0.2) is 41.6 Å². The van der Waals surface area contributed by atoms with Crippen LogP contribution in [-0.2, 0) is 4.79 Å². The summed E-state index contributed by atoms with van der Waals surface area (Å²) in [6, 6.07) is -0.0656. The standard InChI is InChI=1S/C14H22N2O3/c1-11-4-2-7-16(9-11)13(19)15-10-14(5-3-6-14)8-12(17)18/h4H,2-3,5-10H2,1H3,(H,15,19)(H,17,18). The van der Waals surface area contributed by atoms with Crippen LogP contribution in [0.25, 0.3) is 0 Å². The van der Waals surface area contributed by atoms with Crippen molar-refractivity contribution < 1.29 is 14.7 Å². The van der Waals surface area contributed by atoms with Crippen molar-refractivity contribution in [2.45, 2.75) is 39.0 Å². The van der Waals surface area contributed by atoms with Crippen molar-refractivity contribution in [1.82, 2.24) is 10.2 Å². The number of nitrogens with zero attached hydrogens (tertiary/aromatic N) is 1. The summed E-state index contributed by atoms with van der Waals surface area (Å²) in [5.74, 6) is -0.773. The van der Waals surface area contributed by atoms with E-state index in [1.54, 1.807) is 4.90 Å². The van der Waals surface area contributed by atoms with Gasteiger partial charge in [0.1, 0.15) is 0 Å². The number of carbonyl (C=O) groups excluding carboxylic acids is 1. The van der Waals surface area contributed by atoms with E-state index in [-0.39, 0.29) is 17.9 Å². The molecule has 5 heteroatoms. The third-order valence-electron chi connectivity index (χ3n) is 4.17. The van der Waals surface area contributed by atoms with Crippen LogP contribution < -0.4 is 5.32 Å². The fraction of sp³-hybridized carbons (Fsp3) is 0.714. The van der Waals surface area contributed by atoms with Crippen molar-refractivity contribution in [2.24, 2.45) is 5.41 Å². The maximum Gasteiger partial charge on any atom is 0.317 e. The SMILES string of the molecule is CC1=CCCN(C(=O)NCC2(CC(=O)O)CCC2)C1. The zero-order valence-electron chi connectivity index (χ0n) is 11.4. The molecule has 0 spiro atoms.